The molecule has 2 saturated heterocycles. The highest BCUT2D eigenvalue weighted by atomic mass is 17.1. The number of rotatable bonds is 10. The largest absolute Gasteiger partial charge is 0.394 e. The monoisotopic (exact) mass is 798 g/mol. The molecule has 6 fully saturated rings. The number of aliphatic hydroxyl groups excluding tert-OH is 8. The van der Waals surface area contributed by atoms with E-state index >= 15 is 0 Å². The molecule has 4 saturated carbocycles. The summed E-state index contributed by atoms with van der Waals surface area (Å²) in [5.74, 6) is -0.412. The molecule has 21 unspecified atom stereocenters. The van der Waals surface area contributed by atoms with Gasteiger partial charge in [0.05, 0.1) is 31.0 Å². The lowest BCUT2D eigenvalue weighted by Gasteiger charge is -2.72. The summed E-state index contributed by atoms with van der Waals surface area (Å²) in [6.07, 6.45) is -10.8. The molecule has 322 valence electrons. The lowest BCUT2D eigenvalue weighted by Crippen LogP contribution is -2.71. The van der Waals surface area contributed by atoms with Crippen molar-refractivity contribution in [2.45, 2.75) is 186 Å². The Balaban J connectivity index is 1.38. The Morgan fingerprint density at radius 1 is 0.839 bits per heavy atom. The van der Waals surface area contributed by atoms with Crippen molar-refractivity contribution < 1.29 is 69.9 Å². The molecule has 6 aliphatic rings. The highest BCUT2D eigenvalue weighted by molar-refractivity contribution is 5.24. The van der Waals surface area contributed by atoms with E-state index in [9.17, 15) is 46.1 Å². The number of hydrogen-bond acceptors (Lipinski definition) is 14. The van der Waals surface area contributed by atoms with Gasteiger partial charge in [0.2, 0.25) is 0 Å². The molecule has 14 nitrogen and oxygen atoms in total. The van der Waals surface area contributed by atoms with E-state index in [1.54, 1.807) is 0 Å². The first kappa shape index (κ1) is 44.5. The van der Waals surface area contributed by atoms with Gasteiger partial charge in [-0.2, -0.15) is 0 Å². The number of ether oxygens (including phenoxy) is 4. The van der Waals surface area contributed by atoms with Crippen molar-refractivity contribution >= 4 is 0 Å². The summed E-state index contributed by atoms with van der Waals surface area (Å²) in [6, 6.07) is 0. The molecule has 0 aromatic rings. The summed E-state index contributed by atoms with van der Waals surface area (Å²) in [6.45, 7) is 20.1. The Labute approximate surface area is 331 Å². The molecule has 4 aliphatic carbocycles. The third-order valence-corrected chi connectivity index (χ3v) is 16.1. The lowest BCUT2D eigenvalue weighted by atomic mass is 9.34. The van der Waals surface area contributed by atoms with Gasteiger partial charge in [-0.1, -0.05) is 58.4 Å². The minimum atomic E-state index is -1.70. The zero-order valence-corrected chi connectivity index (χ0v) is 34.4. The molecule has 0 radical (unpaired) electrons. The predicted molar refractivity (Wildman–Crippen MR) is 202 cm³/mol. The second kappa shape index (κ2) is 16.1. The summed E-state index contributed by atoms with van der Waals surface area (Å²) in [7, 11) is 0. The van der Waals surface area contributed by atoms with Gasteiger partial charge in [0.1, 0.15) is 48.8 Å². The van der Waals surface area contributed by atoms with E-state index in [0.29, 0.717) is 32.1 Å². The van der Waals surface area contributed by atoms with Crippen LogP contribution >= 0.6 is 0 Å². The quantitative estimate of drug-likeness (QED) is 0.0670. The summed E-state index contributed by atoms with van der Waals surface area (Å²) < 4.78 is 25.1. The molecular weight excluding hydrogens is 728 g/mol. The van der Waals surface area contributed by atoms with Crippen molar-refractivity contribution in [1.82, 2.24) is 0 Å². The highest BCUT2D eigenvalue weighted by Crippen LogP contribution is 2.76. The molecule has 2 heterocycles. The molecular formula is C42H70O14. The number of aliphatic hydroxyl groups is 8. The number of fused-ring (bicyclic) bond motifs is 5. The lowest BCUT2D eigenvalue weighted by molar-refractivity contribution is -0.381. The first-order chi connectivity index (χ1) is 26.1. The maximum absolute atomic E-state index is 12.3. The van der Waals surface area contributed by atoms with Crippen LogP contribution in [-0.2, 0) is 23.8 Å². The van der Waals surface area contributed by atoms with Crippen LogP contribution in [0.4, 0.5) is 0 Å². The van der Waals surface area contributed by atoms with Gasteiger partial charge in [0.25, 0.3) is 0 Å². The number of hydrogen-bond donors (Lipinski definition) is 9. The van der Waals surface area contributed by atoms with Crippen molar-refractivity contribution in [1.29, 1.82) is 0 Å². The van der Waals surface area contributed by atoms with E-state index in [0.717, 1.165) is 24.0 Å². The van der Waals surface area contributed by atoms with E-state index in [-0.39, 0.29) is 23.7 Å². The van der Waals surface area contributed by atoms with Crippen LogP contribution in [-0.4, -0.2) is 139 Å². The Morgan fingerprint density at radius 3 is 2.14 bits per heavy atom. The fourth-order valence-electron chi connectivity index (χ4n) is 13.1. The topological polar surface area (TPSA) is 228 Å². The molecule has 0 spiro atoms. The van der Waals surface area contributed by atoms with Crippen LogP contribution in [0.3, 0.4) is 0 Å². The van der Waals surface area contributed by atoms with Crippen LogP contribution in [0.15, 0.2) is 23.8 Å². The third kappa shape index (κ3) is 7.18. The molecule has 0 bridgehead atoms. The molecule has 21 atom stereocenters. The van der Waals surface area contributed by atoms with Gasteiger partial charge in [0.15, 0.2) is 12.6 Å². The average Bonchev–Trinajstić information content (AvgIpc) is 3.51. The van der Waals surface area contributed by atoms with Crippen molar-refractivity contribution in [3.05, 3.63) is 23.8 Å². The maximum atomic E-state index is 12.3. The minimum absolute atomic E-state index is 0.0231. The molecule has 6 rings (SSSR count). The molecule has 0 aromatic heterocycles. The predicted octanol–water partition coefficient (Wildman–Crippen LogP) is 2.42. The van der Waals surface area contributed by atoms with Gasteiger partial charge in [-0.3, -0.25) is 5.26 Å². The van der Waals surface area contributed by atoms with Gasteiger partial charge < -0.3 is 59.8 Å². The highest BCUT2D eigenvalue weighted by Gasteiger charge is 2.73. The summed E-state index contributed by atoms with van der Waals surface area (Å²) in [5.41, 5.74) is -0.00991. The Hall–Kier alpha value is -1.08. The minimum Gasteiger partial charge on any atom is -0.394 e. The third-order valence-electron chi connectivity index (χ3n) is 16.1. The molecule has 2 aliphatic heterocycles. The van der Waals surface area contributed by atoms with E-state index in [4.69, 9.17) is 23.8 Å². The van der Waals surface area contributed by atoms with Crippen molar-refractivity contribution in [3.8, 4) is 0 Å². The van der Waals surface area contributed by atoms with Crippen molar-refractivity contribution in [3.63, 3.8) is 0 Å². The molecule has 56 heavy (non-hydrogen) atoms. The van der Waals surface area contributed by atoms with Crippen LogP contribution in [0.1, 0.15) is 100 Å². The van der Waals surface area contributed by atoms with Gasteiger partial charge >= 0.3 is 0 Å². The molecule has 0 aromatic carbocycles. The summed E-state index contributed by atoms with van der Waals surface area (Å²) in [4.78, 5) is 4.83. The molecule has 9 N–H and O–H groups in total. The van der Waals surface area contributed by atoms with E-state index in [1.807, 2.05) is 33.8 Å². The molecule has 0 amide bonds. The van der Waals surface area contributed by atoms with E-state index in [1.165, 1.54) is 6.92 Å². The van der Waals surface area contributed by atoms with Crippen molar-refractivity contribution in [2.75, 3.05) is 6.61 Å². The zero-order valence-electron chi connectivity index (χ0n) is 34.4. The van der Waals surface area contributed by atoms with Gasteiger partial charge in [0, 0.05) is 6.42 Å². The van der Waals surface area contributed by atoms with Gasteiger partial charge in [-0.25, -0.2) is 4.89 Å². The fraction of sp³-hybridized carbons (Fsp3) is 0.905. The summed E-state index contributed by atoms with van der Waals surface area (Å²) in [5, 5.41) is 98.0. The van der Waals surface area contributed by atoms with Crippen LogP contribution in [0.2, 0.25) is 0 Å². The first-order valence-corrected chi connectivity index (χ1v) is 20.7. The van der Waals surface area contributed by atoms with Gasteiger partial charge in [-0.05, 0) is 105 Å². The van der Waals surface area contributed by atoms with Crippen LogP contribution in [0, 0.1) is 45.3 Å². The second-order valence-electron chi connectivity index (χ2n) is 19.8. The Kier molecular flexibility index (Phi) is 12.8. The van der Waals surface area contributed by atoms with Gasteiger partial charge in [-0.15, -0.1) is 0 Å². The van der Waals surface area contributed by atoms with Crippen LogP contribution in [0.5, 0.6) is 0 Å². The Morgan fingerprint density at radius 2 is 1.52 bits per heavy atom. The van der Waals surface area contributed by atoms with Crippen molar-refractivity contribution in [2.24, 2.45) is 45.3 Å². The van der Waals surface area contributed by atoms with Crippen LogP contribution < -0.4 is 0 Å². The normalized spacial score (nSPS) is 52.0. The molecule has 14 heteroatoms. The smallest absolute Gasteiger partial charge is 0.187 e. The number of allylic oxidation sites excluding steroid dienone is 1. The fourth-order valence-corrected chi connectivity index (χ4v) is 13.1. The zero-order chi connectivity index (χ0) is 41.4. The van der Waals surface area contributed by atoms with Crippen LogP contribution in [0.25, 0.3) is 0 Å². The maximum Gasteiger partial charge on any atom is 0.187 e. The summed E-state index contributed by atoms with van der Waals surface area (Å²) >= 11 is 0. The first-order valence-electron chi connectivity index (χ1n) is 20.7. The standard InChI is InChI=1S/C42H70O14/c1-19(2)14-22(56-51)15-20(3)23-10-13-41(8)29(23)24(44)16-27-40(7)12-11-28(45)39(5,6)36(40)25(17-42(27,41)9)53-38-35(33(49)31(47)26(18-43)54-38)55-37-34(50)32(48)30(46)21(4)52-37/h14,21-38,43-51H,3,10-13,15-18H2,1-2,4-9H3. The van der Waals surface area contributed by atoms with E-state index in [2.05, 4.69) is 27.4 Å². The second-order valence-corrected chi connectivity index (χ2v) is 19.8. The average molecular weight is 799 g/mol. The SMILES string of the molecule is C=C(CC(C=C(C)C)OO)C1CCC2(C)C1C(O)CC1C3(C)CCC(O)C(C)(C)C3C(OC3OC(CO)C(O)C(O)C3OC3OC(C)C(O)C(O)C3O)CC12C. The Bertz CT molecular complexity index is 1440. The van der Waals surface area contributed by atoms with E-state index < -0.39 is 114 Å².